The van der Waals surface area contributed by atoms with Gasteiger partial charge in [-0.2, -0.15) is 0 Å². The zero-order valence-electron chi connectivity index (χ0n) is 24.3. The normalized spacial score (nSPS) is 29.5. The lowest BCUT2D eigenvalue weighted by atomic mass is 9.56. The van der Waals surface area contributed by atoms with E-state index in [-0.39, 0.29) is 34.8 Å². The Hall–Kier alpha value is -4.08. The molecule has 2 heterocycles. The van der Waals surface area contributed by atoms with Gasteiger partial charge in [-0.15, -0.1) is 23.2 Å². The fraction of sp³-hybridized carbons (Fsp3) is 0.387. The number of halogens is 7. The SMILES string of the molecule is O=C(O)CCN1C(=O)[C@H]2[C@H](CC=C3[C@H]2C[C@@]2(Cl)C(=O)N(c4c(F)c(F)c(F)c(F)c4F)C(=O)[C@@]2(Cl)[C@H]3c2ccccc2OCCO)C1=O. The van der Waals surface area contributed by atoms with Gasteiger partial charge in [0.1, 0.15) is 18.0 Å². The number of anilines is 1. The number of aliphatic carboxylic acids is 1. The minimum atomic E-state index is -2.74. The smallest absolute Gasteiger partial charge is 0.305 e. The van der Waals surface area contributed by atoms with Crippen molar-refractivity contribution in [3.8, 4) is 5.75 Å². The number of nitrogens with zero attached hydrogens (tertiary/aromatic N) is 2. The number of hydrogen-bond donors (Lipinski definition) is 2. The van der Waals surface area contributed by atoms with E-state index in [1.165, 1.54) is 30.3 Å². The Morgan fingerprint density at radius 1 is 0.917 bits per heavy atom. The summed E-state index contributed by atoms with van der Waals surface area (Å²) in [5.74, 6) is -23.5. The summed E-state index contributed by atoms with van der Waals surface area (Å²) in [6.07, 6.45) is 0.134. The third-order valence-corrected chi connectivity index (χ3v) is 10.9. The Morgan fingerprint density at radius 3 is 2.17 bits per heavy atom. The van der Waals surface area contributed by atoms with Gasteiger partial charge in [0.05, 0.1) is 24.9 Å². The maximum absolute atomic E-state index is 15.2. The van der Waals surface area contributed by atoms with E-state index in [1.807, 2.05) is 0 Å². The van der Waals surface area contributed by atoms with Crippen molar-refractivity contribution in [2.75, 3.05) is 24.7 Å². The van der Waals surface area contributed by atoms with E-state index in [0.717, 1.165) is 4.90 Å². The highest BCUT2D eigenvalue weighted by atomic mass is 35.5. The number of allylic oxidation sites excluding steroid dienone is 2. The molecule has 2 aromatic carbocycles. The third kappa shape index (κ3) is 4.50. The lowest BCUT2D eigenvalue weighted by Crippen LogP contribution is -2.60. The van der Waals surface area contributed by atoms with Gasteiger partial charge in [-0.25, -0.2) is 26.9 Å². The quantitative estimate of drug-likeness (QED) is 0.105. The van der Waals surface area contributed by atoms with Gasteiger partial charge in [0.15, 0.2) is 33.0 Å². The lowest BCUT2D eigenvalue weighted by Gasteiger charge is -2.51. The second-order valence-electron chi connectivity index (χ2n) is 11.8. The van der Waals surface area contributed by atoms with Crippen LogP contribution in [0.5, 0.6) is 5.75 Å². The van der Waals surface area contributed by atoms with E-state index in [4.69, 9.17) is 33.0 Å². The summed E-state index contributed by atoms with van der Waals surface area (Å²) in [7, 11) is 0. The summed E-state index contributed by atoms with van der Waals surface area (Å²) in [6.45, 7) is -1.19. The van der Waals surface area contributed by atoms with Crippen LogP contribution in [0.4, 0.5) is 27.6 Å². The first-order valence-corrected chi connectivity index (χ1v) is 15.3. The van der Waals surface area contributed by atoms with Gasteiger partial charge in [-0.05, 0) is 24.8 Å². The van der Waals surface area contributed by atoms with Crippen molar-refractivity contribution in [2.24, 2.45) is 17.8 Å². The number of aliphatic hydroxyl groups excluding tert-OH is 1. The first kappa shape index (κ1) is 33.8. The van der Waals surface area contributed by atoms with Crippen LogP contribution in [0.25, 0.3) is 0 Å². The first-order chi connectivity index (χ1) is 22.6. The van der Waals surface area contributed by atoms with Gasteiger partial charge >= 0.3 is 5.97 Å². The molecule has 10 nitrogen and oxygen atoms in total. The van der Waals surface area contributed by atoms with Gasteiger partial charge in [0.2, 0.25) is 17.6 Å². The van der Waals surface area contributed by atoms with Gasteiger partial charge in [0, 0.05) is 18.0 Å². The van der Waals surface area contributed by atoms with Gasteiger partial charge < -0.3 is 14.9 Å². The molecule has 0 radical (unpaired) electrons. The minimum absolute atomic E-state index is 0.00565. The van der Waals surface area contributed by atoms with Crippen LogP contribution in [0.15, 0.2) is 35.9 Å². The maximum Gasteiger partial charge on any atom is 0.305 e. The molecule has 3 fully saturated rings. The van der Waals surface area contributed by atoms with E-state index >= 15 is 8.78 Å². The van der Waals surface area contributed by atoms with Crippen molar-refractivity contribution in [2.45, 2.75) is 34.9 Å². The topological polar surface area (TPSA) is 142 Å². The van der Waals surface area contributed by atoms with Gasteiger partial charge in [-0.3, -0.25) is 28.9 Å². The van der Waals surface area contributed by atoms with Crippen LogP contribution in [0.1, 0.15) is 30.7 Å². The number of aliphatic hydroxyl groups is 1. The number of benzene rings is 2. The minimum Gasteiger partial charge on any atom is -0.491 e. The predicted molar refractivity (Wildman–Crippen MR) is 154 cm³/mol. The zero-order chi connectivity index (χ0) is 35.0. The van der Waals surface area contributed by atoms with E-state index in [1.54, 1.807) is 0 Å². The molecule has 254 valence electrons. The first-order valence-electron chi connectivity index (χ1n) is 14.5. The molecule has 1 saturated carbocycles. The van der Waals surface area contributed by atoms with E-state index in [2.05, 4.69) is 0 Å². The summed E-state index contributed by atoms with van der Waals surface area (Å²) >= 11 is 14.2. The molecule has 17 heteroatoms. The molecule has 4 aliphatic rings. The van der Waals surface area contributed by atoms with E-state index in [0.29, 0.717) is 0 Å². The number of para-hydroxylation sites is 1. The molecular formula is C31H23Cl2F5N2O8. The second kappa shape index (κ2) is 11.8. The van der Waals surface area contributed by atoms with Crippen molar-refractivity contribution in [1.29, 1.82) is 0 Å². The highest BCUT2D eigenvalue weighted by Gasteiger charge is 2.77. The number of amides is 4. The molecule has 48 heavy (non-hydrogen) atoms. The predicted octanol–water partition coefficient (Wildman–Crippen LogP) is 3.79. The van der Waals surface area contributed by atoms with E-state index < -0.39 is 124 Å². The number of imide groups is 2. The van der Waals surface area contributed by atoms with Crippen LogP contribution >= 0.6 is 23.2 Å². The Labute approximate surface area is 277 Å². The molecule has 2 N–H and O–H groups in total. The average molecular weight is 717 g/mol. The molecule has 0 aromatic heterocycles. The van der Waals surface area contributed by atoms with Crippen LogP contribution in [0, 0.1) is 46.8 Å². The number of hydrogen-bond acceptors (Lipinski definition) is 7. The molecule has 0 spiro atoms. The standard InChI is InChI=1S/C31H23Cl2F5N2O8/c32-30-11-15-12(5-6-14-18(15)27(45)39(26(14)44)8-7-17(42)43)19(13-3-1-2-4-16(13)48-10-9-41)31(30,33)29(47)40(28(30)46)25-23(37)21(35)20(34)22(36)24(25)38/h1-5,14-15,18-19,41H,6-11H2,(H,42,43)/t14-,15+,18-,19+,30+,31-/m0/s1. The number of ether oxygens (including phenoxy) is 1. The highest BCUT2D eigenvalue weighted by Crippen LogP contribution is 2.66. The Bertz CT molecular complexity index is 1810. The molecule has 0 unspecified atom stereocenters. The number of carboxylic acids is 1. The van der Waals surface area contributed by atoms with Crippen molar-refractivity contribution >= 4 is 58.5 Å². The van der Waals surface area contributed by atoms with Gasteiger partial charge in [0.25, 0.3) is 11.8 Å². The summed E-state index contributed by atoms with van der Waals surface area (Å²) in [4.78, 5) is 61.9. The molecule has 6 rings (SSSR count). The number of rotatable bonds is 8. The monoisotopic (exact) mass is 716 g/mol. The molecule has 2 saturated heterocycles. The van der Waals surface area contributed by atoms with Crippen molar-refractivity contribution in [3.05, 3.63) is 70.6 Å². The number of carbonyl (C=O) groups excluding carboxylic acids is 4. The van der Waals surface area contributed by atoms with Gasteiger partial charge in [-0.1, -0.05) is 29.8 Å². The van der Waals surface area contributed by atoms with Crippen molar-refractivity contribution < 1.29 is 60.9 Å². The fourth-order valence-corrected chi connectivity index (χ4v) is 8.34. The molecular weight excluding hydrogens is 694 g/mol. The molecule has 6 atom stereocenters. The van der Waals surface area contributed by atoms with Crippen LogP contribution in [-0.2, 0) is 24.0 Å². The van der Waals surface area contributed by atoms with E-state index in [9.17, 15) is 42.3 Å². The molecule has 0 bridgehead atoms. The van der Waals surface area contributed by atoms with Crippen LogP contribution in [0.2, 0.25) is 0 Å². The molecule has 2 aliphatic heterocycles. The zero-order valence-corrected chi connectivity index (χ0v) is 25.8. The largest absolute Gasteiger partial charge is 0.491 e. The van der Waals surface area contributed by atoms with Crippen LogP contribution < -0.4 is 9.64 Å². The highest BCUT2D eigenvalue weighted by molar-refractivity contribution is 6.58. The van der Waals surface area contributed by atoms with Crippen molar-refractivity contribution in [1.82, 2.24) is 4.90 Å². The lowest BCUT2D eigenvalue weighted by molar-refractivity contribution is -0.142. The molecule has 4 amide bonds. The number of fused-ring (bicyclic) bond motifs is 4. The Balaban J connectivity index is 1.57. The number of likely N-dealkylation sites (tertiary alicyclic amines) is 1. The summed E-state index contributed by atoms with van der Waals surface area (Å²) in [5.41, 5.74) is -1.65. The maximum atomic E-state index is 15.2. The molecule has 2 aromatic rings. The average Bonchev–Trinajstić information content (AvgIpc) is 3.38. The van der Waals surface area contributed by atoms with Crippen LogP contribution in [-0.4, -0.2) is 74.2 Å². The Kier molecular flexibility index (Phi) is 8.32. The van der Waals surface area contributed by atoms with Crippen LogP contribution in [0.3, 0.4) is 0 Å². The third-order valence-electron chi connectivity index (χ3n) is 9.44. The summed E-state index contributed by atoms with van der Waals surface area (Å²) in [5, 5.41) is 18.6. The summed E-state index contributed by atoms with van der Waals surface area (Å²) in [6, 6.07) is 5.82. The number of carboxylic acid groups (broad SMARTS) is 1. The summed E-state index contributed by atoms with van der Waals surface area (Å²) < 4.78 is 78.7. The fourth-order valence-electron chi connectivity index (χ4n) is 7.41. The number of alkyl halides is 2. The Morgan fingerprint density at radius 2 is 1.54 bits per heavy atom. The number of carbonyl (C=O) groups is 5. The molecule has 2 aliphatic carbocycles. The second-order valence-corrected chi connectivity index (χ2v) is 13.0. The van der Waals surface area contributed by atoms with Crippen molar-refractivity contribution in [3.63, 3.8) is 0 Å².